The molecule has 0 aliphatic rings. The number of carbonyl (C=O) groups is 1. The van der Waals surface area contributed by atoms with Gasteiger partial charge in [-0.05, 0) is 30.2 Å². The first-order valence-corrected chi connectivity index (χ1v) is 4.47. The highest BCUT2D eigenvalue weighted by atomic mass is 16.1. The molecule has 2 heteroatoms. The molecule has 2 nitrogen and oxygen atoms in total. The first-order valence-electron chi connectivity index (χ1n) is 4.47. The number of nitriles is 1. The van der Waals surface area contributed by atoms with Crippen molar-refractivity contribution in [2.75, 3.05) is 0 Å². The Bertz CT molecular complexity index is 399. The highest BCUT2D eigenvalue weighted by Gasteiger charge is 1.99. The van der Waals surface area contributed by atoms with Crippen LogP contribution in [0.3, 0.4) is 0 Å². The van der Waals surface area contributed by atoms with Crippen molar-refractivity contribution >= 4 is 12.4 Å². The van der Waals surface area contributed by atoms with Gasteiger partial charge in [0.2, 0.25) is 0 Å². The van der Waals surface area contributed by atoms with Crippen molar-refractivity contribution in [3.8, 4) is 6.07 Å². The molecule has 0 fully saturated rings. The fourth-order valence-corrected chi connectivity index (χ4v) is 1.14. The Morgan fingerprint density at radius 2 is 2.21 bits per heavy atom. The van der Waals surface area contributed by atoms with Crippen LogP contribution in [-0.2, 0) is 0 Å². The Kier molecular flexibility index (Phi) is 3.63. The lowest BCUT2D eigenvalue weighted by Crippen LogP contribution is -1.87. The van der Waals surface area contributed by atoms with Crippen LogP contribution in [0, 0.1) is 11.3 Å². The second-order valence-corrected chi connectivity index (χ2v) is 2.88. The van der Waals surface area contributed by atoms with Gasteiger partial charge in [0, 0.05) is 5.56 Å². The molecule has 0 aliphatic heterocycles. The van der Waals surface area contributed by atoms with E-state index in [2.05, 4.69) is 0 Å². The minimum Gasteiger partial charge on any atom is -0.298 e. The fraction of sp³-hybridized carbons (Fsp3) is 0.167. The van der Waals surface area contributed by atoms with Crippen molar-refractivity contribution in [2.24, 2.45) is 0 Å². The Balaban J connectivity index is 3.16. The van der Waals surface area contributed by atoms with Crippen molar-refractivity contribution in [3.63, 3.8) is 0 Å². The number of nitrogens with zero attached hydrogens (tertiary/aromatic N) is 1. The van der Waals surface area contributed by atoms with Gasteiger partial charge in [-0.1, -0.05) is 19.1 Å². The smallest absolute Gasteiger partial charge is 0.150 e. The lowest BCUT2D eigenvalue weighted by atomic mass is 10.0. The normalized spacial score (nSPS) is 10.0. The topological polar surface area (TPSA) is 40.9 Å². The van der Waals surface area contributed by atoms with E-state index >= 15 is 0 Å². The van der Waals surface area contributed by atoms with Crippen molar-refractivity contribution < 1.29 is 4.79 Å². The minimum atomic E-state index is 0.575. The minimum absolute atomic E-state index is 0.575. The van der Waals surface area contributed by atoms with E-state index in [-0.39, 0.29) is 0 Å². The number of hydrogen-bond donors (Lipinski definition) is 0. The molecular formula is C12H11NO. The maximum atomic E-state index is 10.7. The van der Waals surface area contributed by atoms with Crippen molar-refractivity contribution in [1.29, 1.82) is 5.26 Å². The fourth-order valence-electron chi connectivity index (χ4n) is 1.14. The van der Waals surface area contributed by atoms with Crippen LogP contribution in [0.25, 0.3) is 6.08 Å². The molecule has 0 amide bonds. The zero-order valence-corrected chi connectivity index (χ0v) is 8.03. The van der Waals surface area contributed by atoms with E-state index in [1.807, 2.05) is 25.1 Å². The summed E-state index contributed by atoms with van der Waals surface area (Å²) in [6.45, 7) is 2.02. The lowest BCUT2D eigenvalue weighted by molar-refractivity contribution is 0.112. The number of aldehydes is 1. The predicted molar refractivity (Wildman–Crippen MR) is 55.9 cm³/mol. The summed E-state index contributed by atoms with van der Waals surface area (Å²) in [5, 5.41) is 8.69. The summed E-state index contributed by atoms with van der Waals surface area (Å²) >= 11 is 0. The molecule has 0 radical (unpaired) electrons. The molecule has 1 aromatic rings. The van der Waals surface area contributed by atoms with Gasteiger partial charge >= 0.3 is 0 Å². The average Bonchev–Trinajstić information content (AvgIpc) is 2.25. The Hall–Kier alpha value is -1.88. The molecule has 0 unspecified atom stereocenters. The highest BCUT2D eigenvalue weighted by molar-refractivity contribution is 5.82. The molecule has 1 rings (SSSR count). The molecule has 0 heterocycles. The van der Waals surface area contributed by atoms with Crippen molar-refractivity contribution in [1.82, 2.24) is 0 Å². The van der Waals surface area contributed by atoms with E-state index in [4.69, 9.17) is 5.26 Å². The summed E-state index contributed by atoms with van der Waals surface area (Å²) in [7, 11) is 0. The molecule has 0 saturated carbocycles. The molecule has 0 aromatic heterocycles. The average molecular weight is 185 g/mol. The van der Waals surface area contributed by atoms with Gasteiger partial charge in [0.15, 0.2) is 6.29 Å². The van der Waals surface area contributed by atoms with Gasteiger partial charge in [-0.15, -0.1) is 0 Å². The quantitative estimate of drug-likeness (QED) is 0.679. The summed E-state index contributed by atoms with van der Waals surface area (Å²) in [5.74, 6) is 0. The number of rotatable bonds is 3. The molecule has 0 spiro atoms. The van der Waals surface area contributed by atoms with Crippen LogP contribution >= 0.6 is 0 Å². The number of allylic oxidation sites excluding steroid dienone is 1. The van der Waals surface area contributed by atoms with E-state index in [0.717, 1.165) is 18.3 Å². The predicted octanol–water partition coefficient (Wildman–Crippen LogP) is 2.79. The summed E-state index contributed by atoms with van der Waals surface area (Å²) in [6, 6.07) is 7.08. The molecule has 1 aromatic carbocycles. The summed E-state index contributed by atoms with van der Waals surface area (Å²) in [4.78, 5) is 10.7. The van der Waals surface area contributed by atoms with E-state index in [1.54, 1.807) is 18.2 Å². The lowest BCUT2D eigenvalue weighted by Gasteiger charge is -1.98. The number of benzene rings is 1. The zero-order chi connectivity index (χ0) is 10.4. The second kappa shape index (κ2) is 4.98. The molecule has 0 bridgehead atoms. The third kappa shape index (κ3) is 2.30. The zero-order valence-electron chi connectivity index (χ0n) is 8.03. The largest absolute Gasteiger partial charge is 0.298 e. The van der Waals surface area contributed by atoms with Gasteiger partial charge in [-0.2, -0.15) is 5.26 Å². The molecule has 0 atom stereocenters. The number of carbonyl (C=O) groups excluding carboxylic acids is 1. The van der Waals surface area contributed by atoms with Crippen LogP contribution in [0.15, 0.2) is 24.3 Å². The Morgan fingerprint density at radius 1 is 1.43 bits per heavy atom. The Labute approximate surface area is 83.5 Å². The summed E-state index contributed by atoms with van der Waals surface area (Å²) < 4.78 is 0. The molecule has 0 aliphatic carbocycles. The van der Waals surface area contributed by atoms with Crippen LogP contribution in [0.5, 0.6) is 0 Å². The first kappa shape index (κ1) is 10.2. The van der Waals surface area contributed by atoms with E-state index in [9.17, 15) is 4.79 Å². The monoisotopic (exact) mass is 185 g/mol. The van der Waals surface area contributed by atoms with Gasteiger partial charge in [0.25, 0.3) is 0 Å². The maximum Gasteiger partial charge on any atom is 0.150 e. The van der Waals surface area contributed by atoms with Crippen LogP contribution in [-0.4, -0.2) is 6.29 Å². The van der Waals surface area contributed by atoms with Gasteiger partial charge < -0.3 is 0 Å². The molecular weight excluding hydrogens is 174 g/mol. The van der Waals surface area contributed by atoms with E-state index in [0.29, 0.717) is 11.1 Å². The van der Waals surface area contributed by atoms with Crippen LogP contribution < -0.4 is 0 Å². The van der Waals surface area contributed by atoms with Gasteiger partial charge in [-0.3, -0.25) is 4.79 Å². The summed E-state index contributed by atoms with van der Waals surface area (Å²) in [5.41, 5.74) is 2.00. The molecule has 0 N–H and O–H groups in total. The molecule has 14 heavy (non-hydrogen) atoms. The van der Waals surface area contributed by atoms with Crippen molar-refractivity contribution in [2.45, 2.75) is 13.3 Å². The van der Waals surface area contributed by atoms with E-state index < -0.39 is 0 Å². The molecule has 0 saturated heterocycles. The van der Waals surface area contributed by atoms with Crippen LogP contribution in [0.1, 0.15) is 34.8 Å². The van der Waals surface area contributed by atoms with E-state index in [1.165, 1.54) is 0 Å². The second-order valence-electron chi connectivity index (χ2n) is 2.88. The maximum absolute atomic E-state index is 10.7. The third-order valence-electron chi connectivity index (χ3n) is 1.88. The number of hydrogen-bond acceptors (Lipinski definition) is 2. The van der Waals surface area contributed by atoms with Gasteiger partial charge in [0.05, 0.1) is 11.6 Å². The molecule has 70 valence electrons. The van der Waals surface area contributed by atoms with Gasteiger partial charge in [0.1, 0.15) is 0 Å². The van der Waals surface area contributed by atoms with Crippen LogP contribution in [0.2, 0.25) is 0 Å². The van der Waals surface area contributed by atoms with Gasteiger partial charge in [-0.25, -0.2) is 0 Å². The van der Waals surface area contributed by atoms with Crippen molar-refractivity contribution in [3.05, 3.63) is 41.0 Å². The Morgan fingerprint density at radius 3 is 2.79 bits per heavy atom. The van der Waals surface area contributed by atoms with Crippen LogP contribution in [0.4, 0.5) is 0 Å². The summed E-state index contributed by atoms with van der Waals surface area (Å²) in [6.07, 6.45) is 5.54. The highest BCUT2D eigenvalue weighted by Crippen LogP contribution is 2.12. The third-order valence-corrected chi connectivity index (χ3v) is 1.88. The standard InChI is InChI=1S/C12H11NO/c1-2-3-4-11-7-10(8-13)5-6-12(11)9-14/h3-7,9H,2H2,1H3/b4-3+. The SMILES string of the molecule is CC/C=C/c1cc(C#N)ccc1C=O. The first-order chi connectivity index (χ1) is 6.81.